The van der Waals surface area contributed by atoms with Crippen molar-refractivity contribution in [2.75, 3.05) is 6.61 Å². The second-order valence-electron chi connectivity index (χ2n) is 3.71. The fourth-order valence-corrected chi connectivity index (χ4v) is 1.48. The number of hydrogen-bond donors (Lipinski definition) is 2. The number of aryl methyl sites for hydroxylation is 1. The molecule has 0 aliphatic carbocycles. The Balaban J connectivity index is 2.56. The molecule has 0 aliphatic rings. The second-order valence-corrected chi connectivity index (χ2v) is 3.71. The minimum atomic E-state index is -0.208. The molecule has 1 unspecified atom stereocenters. The van der Waals surface area contributed by atoms with E-state index in [1.807, 2.05) is 19.9 Å². The van der Waals surface area contributed by atoms with Gasteiger partial charge in [0.2, 0.25) is 0 Å². The van der Waals surface area contributed by atoms with Gasteiger partial charge in [-0.25, -0.2) is 0 Å². The fraction of sp³-hybridized carbons (Fsp3) is 0.583. The average molecular weight is 225 g/mol. The van der Waals surface area contributed by atoms with Crippen molar-refractivity contribution in [3.63, 3.8) is 0 Å². The van der Waals surface area contributed by atoms with Gasteiger partial charge in [0.1, 0.15) is 5.76 Å². The summed E-state index contributed by atoms with van der Waals surface area (Å²) in [5, 5.41) is 11.6. The first kappa shape index (κ1) is 12.8. The summed E-state index contributed by atoms with van der Waals surface area (Å²) in [6.45, 7) is 4.03. The molecule has 1 amide bonds. The van der Waals surface area contributed by atoms with Crippen molar-refractivity contribution in [3.8, 4) is 0 Å². The zero-order chi connectivity index (χ0) is 12.0. The molecule has 0 aromatic carbocycles. The van der Waals surface area contributed by atoms with Crippen LogP contribution in [0, 0.1) is 0 Å². The van der Waals surface area contributed by atoms with Gasteiger partial charge in [-0.3, -0.25) is 4.79 Å². The number of aliphatic hydroxyl groups excluding tert-OH is 1. The Kier molecular flexibility index (Phi) is 5.05. The number of nitrogens with one attached hydrogen (secondary N) is 1. The van der Waals surface area contributed by atoms with Gasteiger partial charge in [-0.2, -0.15) is 0 Å². The summed E-state index contributed by atoms with van der Waals surface area (Å²) < 4.78 is 5.34. The second kappa shape index (κ2) is 6.33. The molecule has 1 rings (SSSR count). The van der Waals surface area contributed by atoms with Gasteiger partial charge in [-0.1, -0.05) is 13.8 Å². The molecular weight excluding hydrogens is 206 g/mol. The Morgan fingerprint density at radius 3 is 2.75 bits per heavy atom. The fourth-order valence-electron chi connectivity index (χ4n) is 1.48. The Labute approximate surface area is 95.7 Å². The average Bonchev–Trinajstić information content (AvgIpc) is 2.76. The first-order valence-electron chi connectivity index (χ1n) is 5.71. The highest BCUT2D eigenvalue weighted by Gasteiger charge is 2.14. The summed E-state index contributed by atoms with van der Waals surface area (Å²) >= 11 is 0. The van der Waals surface area contributed by atoms with Crippen molar-refractivity contribution >= 4 is 5.91 Å². The van der Waals surface area contributed by atoms with Gasteiger partial charge in [0.15, 0.2) is 5.76 Å². The van der Waals surface area contributed by atoms with Crippen molar-refractivity contribution in [1.29, 1.82) is 0 Å². The van der Waals surface area contributed by atoms with E-state index < -0.39 is 0 Å². The van der Waals surface area contributed by atoms with Gasteiger partial charge in [0.05, 0.1) is 0 Å². The van der Waals surface area contributed by atoms with E-state index in [9.17, 15) is 4.79 Å². The van der Waals surface area contributed by atoms with Crippen LogP contribution in [0.1, 0.15) is 43.0 Å². The maximum Gasteiger partial charge on any atom is 0.287 e. The van der Waals surface area contributed by atoms with E-state index in [4.69, 9.17) is 9.52 Å². The number of carbonyl (C=O) groups is 1. The molecule has 1 atom stereocenters. The van der Waals surface area contributed by atoms with E-state index in [1.165, 1.54) is 0 Å². The summed E-state index contributed by atoms with van der Waals surface area (Å²) in [7, 11) is 0. The Bertz CT molecular complexity index is 333. The summed E-state index contributed by atoms with van der Waals surface area (Å²) in [4.78, 5) is 11.7. The van der Waals surface area contributed by atoms with Gasteiger partial charge in [0, 0.05) is 19.1 Å². The first-order valence-corrected chi connectivity index (χ1v) is 5.71. The lowest BCUT2D eigenvalue weighted by atomic mass is 10.1. The van der Waals surface area contributed by atoms with E-state index in [0.717, 1.165) is 18.6 Å². The number of carbonyl (C=O) groups excluding carboxylic acids is 1. The molecule has 4 nitrogen and oxygen atoms in total. The lowest BCUT2D eigenvalue weighted by Gasteiger charge is -2.14. The molecular formula is C12H19NO3. The number of rotatable bonds is 6. The topological polar surface area (TPSA) is 62.5 Å². The highest BCUT2D eigenvalue weighted by atomic mass is 16.3. The molecule has 0 bridgehead atoms. The SMILES string of the molecule is CCc1ccc(C(=O)NC(CC)CCO)o1. The van der Waals surface area contributed by atoms with Gasteiger partial charge in [-0.15, -0.1) is 0 Å². The van der Waals surface area contributed by atoms with Crippen LogP contribution in [0.25, 0.3) is 0 Å². The quantitative estimate of drug-likeness (QED) is 0.775. The standard InChI is InChI=1S/C12H19NO3/c1-3-9(7-8-14)13-12(15)11-6-5-10(4-2)16-11/h5-6,9,14H,3-4,7-8H2,1-2H3,(H,13,15). The molecule has 0 saturated carbocycles. The third-order valence-electron chi connectivity index (χ3n) is 2.54. The molecule has 16 heavy (non-hydrogen) atoms. The minimum absolute atomic E-state index is 0.00711. The number of amides is 1. The molecule has 0 radical (unpaired) electrons. The van der Waals surface area contributed by atoms with Gasteiger partial charge in [0.25, 0.3) is 5.91 Å². The molecule has 0 spiro atoms. The van der Waals surface area contributed by atoms with E-state index >= 15 is 0 Å². The van der Waals surface area contributed by atoms with Crippen molar-refractivity contribution < 1.29 is 14.3 Å². The maximum atomic E-state index is 11.7. The third-order valence-corrected chi connectivity index (χ3v) is 2.54. The summed E-state index contributed by atoms with van der Waals surface area (Å²) in [6, 6.07) is 3.49. The van der Waals surface area contributed by atoms with Crippen molar-refractivity contribution in [3.05, 3.63) is 23.7 Å². The molecule has 0 fully saturated rings. The van der Waals surface area contributed by atoms with Crippen LogP contribution in [0.4, 0.5) is 0 Å². The molecule has 4 heteroatoms. The lowest BCUT2D eigenvalue weighted by Crippen LogP contribution is -2.34. The van der Waals surface area contributed by atoms with Crippen LogP contribution in [0.5, 0.6) is 0 Å². The van der Waals surface area contributed by atoms with E-state index in [-0.39, 0.29) is 18.6 Å². The van der Waals surface area contributed by atoms with Crippen molar-refractivity contribution in [1.82, 2.24) is 5.32 Å². The van der Waals surface area contributed by atoms with Crippen LogP contribution in [-0.4, -0.2) is 23.7 Å². The molecule has 1 heterocycles. The highest BCUT2D eigenvalue weighted by Crippen LogP contribution is 2.09. The van der Waals surface area contributed by atoms with E-state index in [1.54, 1.807) is 6.07 Å². The summed E-state index contributed by atoms with van der Waals surface area (Å²) in [5.74, 6) is 0.939. The Hall–Kier alpha value is -1.29. The number of furan rings is 1. The van der Waals surface area contributed by atoms with Crippen molar-refractivity contribution in [2.24, 2.45) is 0 Å². The van der Waals surface area contributed by atoms with Crippen LogP contribution in [0.2, 0.25) is 0 Å². The van der Waals surface area contributed by atoms with Crippen molar-refractivity contribution in [2.45, 2.75) is 39.2 Å². The van der Waals surface area contributed by atoms with Crippen LogP contribution in [0.3, 0.4) is 0 Å². The largest absolute Gasteiger partial charge is 0.456 e. The smallest absolute Gasteiger partial charge is 0.287 e. The molecule has 2 N–H and O–H groups in total. The van der Waals surface area contributed by atoms with Gasteiger partial charge >= 0.3 is 0 Å². The Morgan fingerprint density at radius 2 is 2.25 bits per heavy atom. The predicted octanol–water partition coefficient (Wildman–Crippen LogP) is 1.73. The zero-order valence-corrected chi connectivity index (χ0v) is 9.82. The molecule has 1 aromatic heterocycles. The van der Waals surface area contributed by atoms with E-state index in [0.29, 0.717) is 12.2 Å². The van der Waals surface area contributed by atoms with Crippen LogP contribution >= 0.6 is 0 Å². The van der Waals surface area contributed by atoms with Gasteiger partial charge < -0.3 is 14.8 Å². The van der Waals surface area contributed by atoms with Crippen LogP contribution in [-0.2, 0) is 6.42 Å². The lowest BCUT2D eigenvalue weighted by molar-refractivity contribution is 0.0899. The monoisotopic (exact) mass is 225 g/mol. The minimum Gasteiger partial charge on any atom is -0.456 e. The van der Waals surface area contributed by atoms with Gasteiger partial charge in [-0.05, 0) is 25.0 Å². The third kappa shape index (κ3) is 3.38. The maximum absolute atomic E-state index is 11.7. The molecule has 1 aromatic rings. The zero-order valence-electron chi connectivity index (χ0n) is 9.82. The molecule has 0 saturated heterocycles. The normalized spacial score (nSPS) is 12.4. The number of aliphatic hydroxyl groups is 1. The summed E-state index contributed by atoms with van der Waals surface area (Å²) in [5.41, 5.74) is 0. The number of hydrogen-bond acceptors (Lipinski definition) is 3. The Morgan fingerprint density at radius 1 is 1.50 bits per heavy atom. The molecule has 0 aliphatic heterocycles. The predicted molar refractivity (Wildman–Crippen MR) is 61.3 cm³/mol. The van der Waals surface area contributed by atoms with Crippen LogP contribution in [0.15, 0.2) is 16.5 Å². The molecule has 90 valence electrons. The van der Waals surface area contributed by atoms with Crippen LogP contribution < -0.4 is 5.32 Å². The first-order chi connectivity index (χ1) is 7.71. The van der Waals surface area contributed by atoms with E-state index in [2.05, 4.69) is 5.32 Å². The highest BCUT2D eigenvalue weighted by molar-refractivity contribution is 5.91. The summed E-state index contributed by atoms with van der Waals surface area (Å²) in [6.07, 6.45) is 2.15.